The number of rotatable bonds is 4. The Bertz CT molecular complexity index is 500. The maximum Gasteiger partial charge on any atom is 0.178 e. The van der Waals surface area contributed by atoms with Crippen molar-refractivity contribution in [2.75, 3.05) is 14.2 Å². The van der Waals surface area contributed by atoms with E-state index in [9.17, 15) is 0 Å². The lowest BCUT2D eigenvalue weighted by Crippen LogP contribution is -1.87. The predicted molar refractivity (Wildman–Crippen MR) is 72.8 cm³/mol. The predicted octanol–water partition coefficient (Wildman–Crippen LogP) is 3.94. The Morgan fingerprint density at radius 1 is 1.00 bits per heavy atom. The summed E-state index contributed by atoms with van der Waals surface area (Å²) in [5.41, 5.74) is 1.17. The van der Waals surface area contributed by atoms with E-state index in [0.717, 1.165) is 16.4 Å². The Balaban J connectivity index is 2.24. The summed E-state index contributed by atoms with van der Waals surface area (Å²) in [5, 5.41) is 1.95. The summed E-state index contributed by atoms with van der Waals surface area (Å²) in [6.07, 6.45) is 4.11. The highest BCUT2D eigenvalue weighted by Gasteiger charge is 2.09. The molecular formula is C14H14O2S. The van der Waals surface area contributed by atoms with Gasteiger partial charge in [-0.1, -0.05) is 36.4 Å². The molecule has 0 fully saturated rings. The minimum absolute atomic E-state index is 0.783. The first kappa shape index (κ1) is 11.7. The van der Waals surface area contributed by atoms with Crippen LogP contribution in [0.4, 0.5) is 0 Å². The van der Waals surface area contributed by atoms with E-state index in [0.29, 0.717) is 0 Å². The molecule has 17 heavy (non-hydrogen) atoms. The van der Waals surface area contributed by atoms with Gasteiger partial charge in [-0.25, -0.2) is 0 Å². The maximum atomic E-state index is 5.33. The van der Waals surface area contributed by atoms with Gasteiger partial charge in [0.25, 0.3) is 0 Å². The molecule has 0 aliphatic carbocycles. The van der Waals surface area contributed by atoms with Gasteiger partial charge >= 0.3 is 0 Å². The molecule has 0 aliphatic heterocycles. The molecule has 0 bridgehead atoms. The summed E-state index contributed by atoms with van der Waals surface area (Å²) in [5.74, 6) is 1.58. The van der Waals surface area contributed by atoms with Crippen LogP contribution < -0.4 is 9.47 Å². The molecule has 0 atom stereocenters. The van der Waals surface area contributed by atoms with Gasteiger partial charge in [0.05, 0.1) is 19.1 Å². The van der Waals surface area contributed by atoms with Crippen LogP contribution in [0.25, 0.3) is 12.2 Å². The van der Waals surface area contributed by atoms with E-state index >= 15 is 0 Å². The third-order valence-corrected chi connectivity index (χ3v) is 3.30. The number of ether oxygens (including phenoxy) is 2. The van der Waals surface area contributed by atoms with Crippen molar-refractivity contribution in [3.05, 3.63) is 46.2 Å². The monoisotopic (exact) mass is 246 g/mol. The van der Waals surface area contributed by atoms with Crippen molar-refractivity contribution >= 4 is 23.5 Å². The van der Waals surface area contributed by atoms with Crippen LogP contribution >= 0.6 is 11.3 Å². The van der Waals surface area contributed by atoms with Gasteiger partial charge in [0.2, 0.25) is 0 Å². The fraction of sp³-hybridized carbons (Fsp3) is 0.143. The second kappa shape index (κ2) is 5.55. The molecule has 0 N–H and O–H groups in total. The fourth-order valence-electron chi connectivity index (χ4n) is 1.54. The number of hydrogen-bond donors (Lipinski definition) is 0. The van der Waals surface area contributed by atoms with Gasteiger partial charge in [-0.15, -0.1) is 11.3 Å². The average Bonchev–Trinajstić information content (AvgIpc) is 2.79. The van der Waals surface area contributed by atoms with E-state index in [-0.39, 0.29) is 0 Å². The van der Waals surface area contributed by atoms with Crippen LogP contribution in [0.3, 0.4) is 0 Å². The zero-order chi connectivity index (χ0) is 12.1. The normalized spacial score (nSPS) is 10.7. The first-order valence-corrected chi connectivity index (χ1v) is 6.15. The lowest BCUT2D eigenvalue weighted by Gasteiger charge is -2.01. The Kier molecular flexibility index (Phi) is 3.83. The van der Waals surface area contributed by atoms with E-state index < -0.39 is 0 Å². The van der Waals surface area contributed by atoms with Gasteiger partial charge in [-0.2, -0.15) is 0 Å². The standard InChI is InChI=1S/C14H14O2S/c1-15-12-10-17-13(14(12)16-2)9-8-11-6-4-3-5-7-11/h3-10H,1-2H3. The minimum Gasteiger partial charge on any atom is -0.492 e. The zero-order valence-corrected chi connectivity index (χ0v) is 10.7. The lowest BCUT2D eigenvalue weighted by molar-refractivity contribution is 0.357. The molecule has 0 saturated heterocycles. The third kappa shape index (κ3) is 2.68. The summed E-state index contributed by atoms with van der Waals surface area (Å²) in [7, 11) is 3.31. The van der Waals surface area contributed by atoms with Gasteiger partial charge in [0, 0.05) is 5.38 Å². The summed E-state index contributed by atoms with van der Waals surface area (Å²) >= 11 is 1.61. The molecule has 2 nitrogen and oxygen atoms in total. The van der Waals surface area contributed by atoms with E-state index in [1.807, 2.05) is 29.7 Å². The van der Waals surface area contributed by atoms with Crippen LogP contribution in [0, 0.1) is 0 Å². The van der Waals surface area contributed by atoms with Gasteiger partial charge in [0.15, 0.2) is 11.5 Å². The van der Waals surface area contributed by atoms with Gasteiger partial charge in [-0.05, 0) is 11.6 Å². The molecular weight excluding hydrogens is 232 g/mol. The number of benzene rings is 1. The van der Waals surface area contributed by atoms with E-state index in [1.54, 1.807) is 25.6 Å². The number of hydrogen-bond acceptors (Lipinski definition) is 3. The van der Waals surface area contributed by atoms with Crippen LogP contribution in [0.2, 0.25) is 0 Å². The molecule has 2 aromatic rings. The van der Waals surface area contributed by atoms with Crippen molar-refractivity contribution in [2.24, 2.45) is 0 Å². The molecule has 2 rings (SSSR count). The van der Waals surface area contributed by atoms with Crippen LogP contribution in [-0.4, -0.2) is 14.2 Å². The first-order chi connectivity index (χ1) is 8.35. The Labute approximate surface area is 105 Å². The lowest BCUT2D eigenvalue weighted by atomic mass is 10.2. The maximum absolute atomic E-state index is 5.33. The van der Waals surface area contributed by atoms with Crippen molar-refractivity contribution < 1.29 is 9.47 Å². The second-order valence-corrected chi connectivity index (χ2v) is 4.36. The second-order valence-electron chi connectivity index (χ2n) is 3.45. The summed E-state index contributed by atoms with van der Waals surface area (Å²) < 4.78 is 10.6. The van der Waals surface area contributed by atoms with Crippen molar-refractivity contribution in [2.45, 2.75) is 0 Å². The smallest absolute Gasteiger partial charge is 0.178 e. The largest absolute Gasteiger partial charge is 0.492 e. The van der Waals surface area contributed by atoms with Gasteiger partial charge in [0.1, 0.15) is 0 Å². The summed E-state index contributed by atoms with van der Waals surface area (Å²) in [4.78, 5) is 1.06. The molecule has 0 radical (unpaired) electrons. The Morgan fingerprint density at radius 3 is 2.41 bits per heavy atom. The molecule has 0 aliphatic rings. The molecule has 1 heterocycles. The highest BCUT2D eigenvalue weighted by atomic mass is 32.1. The molecule has 1 aromatic carbocycles. The highest BCUT2D eigenvalue weighted by molar-refractivity contribution is 7.11. The van der Waals surface area contributed by atoms with E-state index in [4.69, 9.17) is 9.47 Å². The van der Waals surface area contributed by atoms with Crippen molar-refractivity contribution in [3.63, 3.8) is 0 Å². The van der Waals surface area contributed by atoms with Crippen LogP contribution in [-0.2, 0) is 0 Å². The zero-order valence-electron chi connectivity index (χ0n) is 9.84. The molecule has 0 saturated carbocycles. The molecule has 0 unspecified atom stereocenters. The molecule has 3 heteroatoms. The fourth-order valence-corrected chi connectivity index (χ4v) is 2.41. The highest BCUT2D eigenvalue weighted by Crippen LogP contribution is 2.37. The molecule has 0 spiro atoms. The molecule has 1 aromatic heterocycles. The Hall–Kier alpha value is -1.74. The van der Waals surface area contributed by atoms with Crippen molar-refractivity contribution in [3.8, 4) is 11.5 Å². The summed E-state index contributed by atoms with van der Waals surface area (Å²) in [6.45, 7) is 0. The van der Waals surface area contributed by atoms with Gasteiger partial charge < -0.3 is 9.47 Å². The summed E-state index contributed by atoms with van der Waals surface area (Å²) in [6, 6.07) is 10.2. The van der Waals surface area contributed by atoms with Crippen molar-refractivity contribution in [1.82, 2.24) is 0 Å². The number of methoxy groups -OCH3 is 2. The molecule has 88 valence electrons. The molecule has 0 amide bonds. The van der Waals surface area contributed by atoms with Crippen LogP contribution in [0.1, 0.15) is 10.4 Å². The Morgan fingerprint density at radius 2 is 1.76 bits per heavy atom. The van der Waals surface area contributed by atoms with Crippen LogP contribution in [0.15, 0.2) is 35.7 Å². The third-order valence-electron chi connectivity index (χ3n) is 2.39. The number of thiophene rings is 1. The average molecular weight is 246 g/mol. The van der Waals surface area contributed by atoms with E-state index in [1.165, 1.54) is 5.56 Å². The van der Waals surface area contributed by atoms with Crippen molar-refractivity contribution in [1.29, 1.82) is 0 Å². The van der Waals surface area contributed by atoms with Gasteiger partial charge in [-0.3, -0.25) is 0 Å². The SMILES string of the molecule is COc1csc(C=Cc2ccccc2)c1OC. The minimum atomic E-state index is 0.783. The van der Waals surface area contributed by atoms with E-state index in [2.05, 4.69) is 18.2 Å². The quantitative estimate of drug-likeness (QED) is 0.813. The first-order valence-electron chi connectivity index (χ1n) is 5.27. The van der Waals surface area contributed by atoms with Crippen LogP contribution in [0.5, 0.6) is 11.5 Å². The topological polar surface area (TPSA) is 18.5 Å².